The average Bonchev–Trinajstić information content (AvgIpc) is 2.30. The number of piperidine rings is 1. The van der Waals surface area contributed by atoms with Gasteiger partial charge in [0.1, 0.15) is 11.9 Å². The van der Waals surface area contributed by atoms with Gasteiger partial charge in [-0.1, -0.05) is 18.2 Å². The minimum absolute atomic E-state index is 0.238. The van der Waals surface area contributed by atoms with Crippen molar-refractivity contribution >= 4 is 0 Å². The van der Waals surface area contributed by atoms with E-state index in [0.29, 0.717) is 0 Å². The third kappa shape index (κ3) is 2.95. The minimum Gasteiger partial charge on any atom is -0.489 e. The van der Waals surface area contributed by atoms with Crippen LogP contribution in [0.3, 0.4) is 0 Å². The van der Waals surface area contributed by atoms with E-state index < -0.39 is 0 Å². The Morgan fingerprint density at radius 3 is 2.81 bits per heavy atom. The molecule has 0 aromatic heterocycles. The van der Waals surface area contributed by atoms with Crippen LogP contribution in [0, 0.1) is 0 Å². The first-order valence-corrected chi connectivity index (χ1v) is 5.70. The molecule has 1 aromatic rings. The number of benzene rings is 1. The zero-order chi connectivity index (χ0) is 11.4. The Labute approximate surface area is 96.5 Å². The maximum Gasteiger partial charge on any atom is 0.119 e. The summed E-state index contributed by atoms with van der Waals surface area (Å²) in [5.41, 5.74) is 0. The lowest BCUT2D eigenvalue weighted by molar-refractivity contribution is -0.0538. The van der Waals surface area contributed by atoms with Crippen molar-refractivity contribution in [2.24, 2.45) is 5.84 Å². The van der Waals surface area contributed by atoms with E-state index in [4.69, 9.17) is 10.6 Å². The van der Waals surface area contributed by atoms with Gasteiger partial charge in [-0.25, -0.2) is 5.01 Å². The van der Waals surface area contributed by atoms with E-state index in [1.165, 1.54) is 0 Å². The summed E-state index contributed by atoms with van der Waals surface area (Å²) < 4.78 is 5.91. The quantitative estimate of drug-likeness (QED) is 0.616. The van der Waals surface area contributed by atoms with Crippen LogP contribution in [-0.2, 0) is 0 Å². The normalized spacial score (nSPS) is 22.3. The van der Waals surface area contributed by atoms with E-state index in [-0.39, 0.29) is 6.10 Å². The molecule has 1 atom stereocenters. The number of hydrazine groups is 2. The molecule has 0 radical (unpaired) electrons. The van der Waals surface area contributed by atoms with Crippen molar-refractivity contribution in [1.29, 1.82) is 0 Å². The van der Waals surface area contributed by atoms with Crippen LogP contribution < -0.4 is 10.6 Å². The third-order valence-electron chi connectivity index (χ3n) is 2.85. The van der Waals surface area contributed by atoms with Crippen LogP contribution in [0.15, 0.2) is 30.3 Å². The Bertz CT molecular complexity index is 315. The van der Waals surface area contributed by atoms with Crippen molar-refractivity contribution in [2.45, 2.75) is 18.9 Å². The van der Waals surface area contributed by atoms with Crippen molar-refractivity contribution in [3.05, 3.63) is 30.3 Å². The lowest BCUT2D eigenvalue weighted by Crippen LogP contribution is -2.52. The first kappa shape index (κ1) is 11.4. The summed E-state index contributed by atoms with van der Waals surface area (Å²) in [6, 6.07) is 9.96. The second kappa shape index (κ2) is 5.30. The fourth-order valence-corrected chi connectivity index (χ4v) is 1.99. The van der Waals surface area contributed by atoms with Crippen LogP contribution in [0.1, 0.15) is 12.8 Å². The molecule has 0 bridgehead atoms. The molecule has 1 unspecified atom stereocenters. The topological polar surface area (TPSA) is 41.7 Å². The Morgan fingerprint density at radius 1 is 1.38 bits per heavy atom. The maximum absolute atomic E-state index is 5.91. The van der Waals surface area contributed by atoms with Crippen LogP contribution in [0.4, 0.5) is 0 Å². The molecule has 1 aliphatic rings. The van der Waals surface area contributed by atoms with Gasteiger partial charge in [-0.2, -0.15) is 5.12 Å². The molecule has 1 aromatic carbocycles. The van der Waals surface area contributed by atoms with Crippen molar-refractivity contribution in [2.75, 3.05) is 20.1 Å². The molecule has 1 fully saturated rings. The molecule has 88 valence electrons. The van der Waals surface area contributed by atoms with Gasteiger partial charge in [-0.05, 0) is 25.0 Å². The van der Waals surface area contributed by atoms with E-state index in [0.717, 1.165) is 31.7 Å². The molecule has 0 spiro atoms. The van der Waals surface area contributed by atoms with Crippen LogP contribution in [0.5, 0.6) is 5.75 Å². The van der Waals surface area contributed by atoms with E-state index in [2.05, 4.69) is 5.01 Å². The van der Waals surface area contributed by atoms with E-state index in [9.17, 15) is 0 Å². The lowest BCUT2D eigenvalue weighted by atomic mass is 10.1. The zero-order valence-electron chi connectivity index (χ0n) is 9.67. The standard InChI is InChI=1S/C12H19N3O/c1-14(13)15-9-5-8-12(10-15)16-11-6-3-2-4-7-11/h2-4,6-7,12H,5,8-10,13H2,1H3. The summed E-state index contributed by atoms with van der Waals surface area (Å²) in [7, 11) is 1.87. The molecule has 0 aliphatic carbocycles. The Morgan fingerprint density at radius 2 is 2.12 bits per heavy atom. The number of rotatable bonds is 3. The minimum atomic E-state index is 0.238. The van der Waals surface area contributed by atoms with Crippen molar-refractivity contribution in [3.63, 3.8) is 0 Å². The second-order valence-electron chi connectivity index (χ2n) is 4.18. The first-order valence-electron chi connectivity index (χ1n) is 5.70. The summed E-state index contributed by atoms with van der Waals surface area (Å²) in [6.45, 7) is 1.88. The van der Waals surface area contributed by atoms with Crippen LogP contribution >= 0.6 is 0 Å². The molecule has 2 rings (SSSR count). The van der Waals surface area contributed by atoms with Crippen LogP contribution in [0.2, 0.25) is 0 Å². The Kier molecular flexibility index (Phi) is 3.77. The molecule has 2 N–H and O–H groups in total. The monoisotopic (exact) mass is 221 g/mol. The highest BCUT2D eigenvalue weighted by atomic mass is 16.5. The maximum atomic E-state index is 5.91. The van der Waals surface area contributed by atoms with Gasteiger partial charge >= 0.3 is 0 Å². The Hall–Kier alpha value is -1.10. The van der Waals surface area contributed by atoms with Gasteiger partial charge in [0.2, 0.25) is 0 Å². The van der Waals surface area contributed by atoms with Gasteiger partial charge in [-0.3, -0.25) is 5.84 Å². The van der Waals surface area contributed by atoms with Crippen molar-refractivity contribution < 1.29 is 4.74 Å². The van der Waals surface area contributed by atoms with E-state index >= 15 is 0 Å². The average molecular weight is 221 g/mol. The number of ether oxygens (including phenoxy) is 1. The van der Waals surface area contributed by atoms with Crippen molar-refractivity contribution in [3.8, 4) is 5.75 Å². The smallest absolute Gasteiger partial charge is 0.119 e. The summed E-state index contributed by atoms with van der Waals surface area (Å²) in [5.74, 6) is 6.67. The highest BCUT2D eigenvalue weighted by Crippen LogP contribution is 2.17. The summed E-state index contributed by atoms with van der Waals surface area (Å²) in [4.78, 5) is 0. The van der Waals surface area contributed by atoms with Gasteiger partial charge in [0.15, 0.2) is 0 Å². The molecular weight excluding hydrogens is 202 g/mol. The van der Waals surface area contributed by atoms with Gasteiger partial charge in [0.25, 0.3) is 0 Å². The number of nitrogens with zero attached hydrogens (tertiary/aromatic N) is 2. The van der Waals surface area contributed by atoms with Crippen molar-refractivity contribution in [1.82, 2.24) is 10.1 Å². The molecule has 1 aliphatic heterocycles. The van der Waals surface area contributed by atoms with E-state index in [1.807, 2.05) is 37.4 Å². The lowest BCUT2D eigenvalue weighted by Gasteiger charge is -2.36. The van der Waals surface area contributed by atoms with Gasteiger partial charge in [0, 0.05) is 13.6 Å². The highest BCUT2D eigenvalue weighted by Gasteiger charge is 2.22. The molecule has 4 heteroatoms. The van der Waals surface area contributed by atoms with Gasteiger partial charge < -0.3 is 4.74 Å². The number of para-hydroxylation sites is 1. The molecule has 1 heterocycles. The largest absolute Gasteiger partial charge is 0.489 e. The predicted molar refractivity (Wildman–Crippen MR) is 63.6 cm³/mol. The molecule has 0 amide bonds. The van der Waals surface area contributed by atoms with Gasteiger partial charge in [0.05, 0.1) is 6.54 Å². The fraction of sp³-hybridized carbons (Fsp3) is 0.500. The molecular formula is C12H19N3O. The summed E-state index contributed by atoms with van der Waals surface area (Å²) in [5, 5.41) is 3.76. The number of hydrogen-bond donors (Lipinski definition) is 1. The van der Waals surface area contributed by atoms with E-state index in [1.54, 1.807) is 5.12 Å². The number of nitrogens with two attached hydrogens (primary N) is 1. The second-order valence-corrected chi connectivity index (χ2v) is 4.18. The third-order valence-corrected chi connectivity index (χ3v) is 2.85. The first-order chi connectivity index (χ1) is 7.75. The highest BCUT2D eigenvalue weighted by molar-refractivity contribution is 5.21. The number of hydrogen-bond acceptors (Lipinski definition) is 4. The van der Waals surface area contributed by atoms with Crippen LogP contribution in [-0.4, -0.2) is 36.4 Å². The molecule has 4 nitrogen and oxygen atoms in total. The molecule has 0 saturated carbocycles. The molecule has 1 saturated heterocycles. The van der Waals surface area contributed by atoms with Crippen LogP contribution in [0.25, 0.3) is 0 Å². The predicted octanol–water partition coefficient (Wildman–Crippen LogP) is 1.25. The fourth-order valence-electron chi connectivity index (χ4n) is 1.99. The SMILES string of the molecule is CN(N)N1CCCC(Oc2ccccc2)C1. The zero-order valence-corrected chi connectivity index (χ0v) is 9.67. The Balaban J connectivity index is 1.90. The molecule has 16 heavy (non-hydrogen) atoms. The summed E-state index contributed by atoms with van der Waals surface area (Å²) >= 11 is 0. The summed E-state index contributed by atoms with van der Waals surface area (Å²) in [6.07, 6.45) is 2.46. The van der Waals surface area contributed by atoms with Gasteiger partial charge in [-0.15, -0.1) is 0 Å².